The van der Waals surface area contributed by atoms with Crippen molar-refractivity contribution in [1.82, 2.24) is 0 Å². The second-order valence-corrected chi connectivity index (χ2v) is 5.73. The fourth-order valence-corrected chi connectivity index (χ4v) is 2.19. The number of hydrogen-bond donors (Lipinski definition) is 1. The van der Waals surface area contributed by atoms with Crippen molar-refractivity contribution in [3.8, 4) is 0 Å². The minimum atomic E-state index is -0.707. The lowest BCUT2D eigenvalue weighted by Gasteiger charge is -1.97. The van der Waals surface area contributed by atoms with Crippen LogP contribution in [0.3, 0.4) is 0 Å². The normalized spacial score (nSPS) is 12.0. The Morgan fingerprint density at radius 1 is 0.727 bits per heavy atom. The van der Waals surface area contributed by atoms with E-state index in [-0.39, 0.29) is 6.42 Å². The van der Waals surface area contributed by atoms with Crippen LogP contribution in [0.25, 0.3) is 0 Å². The van der Waals surface area contributed by atoms with Gasteiger partial charge in [0.1, 0.15) is 0 Å². The van der Waals surface area contributed by atoms with Gasteiger partial charge in [0.15, 0.2) is 0 Å². The zero-order valence-corrected chi connectivity index (χ0v) is 14.3. The zero-order chi connectivity index (χ0) is 16.3. The standard InChI is InChI=1S/C20H34O2/c1-2-3-4-5-6-7-8-9-10-11-12-13-14-15-16-17-18-19-20(21)22/h9-10,12-13,15-16H,2-8,11,14,17-19H2,1H3,(H,21,22)/b10-9+,13-12+,16-15+. The number of carbonyl (C=O) groups is 1. The van der Waals surface area contributed by atoms with Crippen LogP contribution in [0.2, 0.25) is 0 Å². The summed E-state index contributed by atoms with van der Waals surface area (Å²) in [5, 5.41) is 8.50. The molecule has 0 fully saturated rings. The zero-order valence-electron chi connectivity index (χ0n) is 14.3. The summed E-state index contributed by atoms with van der Waals surface area (Å²) in [5.41, 5.74) is 0. The van der Waals surface area contributed by atoms with E-state index in [0.29, 0.717) is 0 Å². The van der Waals surface area contributed by atoms with Crippen LogP contribution in [0.4, 0.5) is 0 Å². The Balaban J connectivity index is 3.30. The maximum absolute atomic E-state index is 10.3. The number of carboxylic acid groups (broad SMARTS) is 1. The van der Waals surface area contributed by atoms with Crippen molar-refractivity contribution in [1.29, 1.82) is 0 Å². The fraction of sp³-hybridized carbons (Fsp3) is 0.650. The Morgan fingerprint density at radius 3 is 1.82 bits per heavy atom. The Morgan fingerprint density at radius 2 is 1.23 bits per heavy atom. The molecular formula is C20H34O2. The van der Waals surface area contributed by atoms with Crippen LogP contribution in [0, 0.1) is 0 Å². The van der Waals surface area contributed by atoms with Gasteiger partial charge in [-0.05, 0) is 38.5 Å². The summed E-state index contributed by atoms with van der Waals surface area (Å²) in [5.74, 6) is -0.707. The summed E-state index contributed by atoms with van der Waals surface area (Å²) in [7, 11) is 0. The van der Waals surface area contributed by atoms with Crippen molar-refractivity contribution in [2.45, 2.75) is 84.0 Å². The first-order valence-corrected chi connectivity index (χ1v) is 8.94. The first-order chi connectivity index (χ1) is 10.8. The lowest BCUT2D eigenvalue weighted by atomic mass is 10.1. The highest BCUT2D eigenvalue weighted by molar-refractivity contribution is 5.66. The van der Waals surface area contributed by atoms with E-state index in [4.69, 9.17) is 5.11 Å². The molecule has 0 saturated heterocycles. The van der Waals surface area contributed by atoms with Crippen molar-refractivity contribution < 1.29 is 9.90 Å². The van der Waals surface area contributed by atoms with Crippen molar-refractivity contribution in [2.75, 3.05) is 0 Å². The van der Waals surface area contributed by atoms with E-state index in [9.17, 15) is 4.79 Å². The molecule has 0 bridgehead atoms. The van der Waals surface area contributed by atoms with E-state index in [0.717, 1.165) is 25.7 Å². The third-order valence-corrected chi connectivity index (χ3v) is 3.53. The molecule has 2 heteroatoms. The molecule has 22 heavy (non-hydrogen) atoms. The third-order valence-electron chi connectivity index (χ3n) is 3.53. The number of rotatable bonds is 15. The largest absolute Gasteiger partial charge is 0.481 e. The molecule has 2 nitrogen and oxygen atoms in total. The SMILES string of the molecule is CCCCCCCC/C=C/C/C=C/C/C=C/CCCC(=O)O. The molecule has 0 radical (unpaired) electrons. The summed E-state index contributed by atoms with van der Waals surface area (Å²) in [6, 6.07) is 0. The van der Waals surface area contributed by atoms with Gasteiger partial charge in [-0.2, -0.15) is 0 Å². The summed E-state index contributed by atoms with van der Waals surface area (Å²) >= 11 is 0. The minimum Gasteiger partial charge on any atom is -0.481 e. The van der Waals surface area contributed by atoms with E-state index in [2.05, 4.69) is 43.4 Å². The molecule has 0 aliphatic carbocycles. The van der Waals surface area contributed by atoms with Gasteiger partial charge in [0, 0.05) is 6.42 Å². The number of aliphatic carboxylic acids is 1. The predicted octanol–water partition coefficient (Wildman–Crippen LogP) is 6.44. The number of unbranched alkanes of at least 4 members (excludes halogenated alkanes) is 7. The molecule has 0 amide bonds. The van der Waals surface area contributed by atoms with Gasteiger partial charge in [-0.25, -0.2) is 0 Å². The van der Waals surface area contributed by atoms with Crippen LogP contribution in [-0.2, 0) is 4.79 Å². The van der Waals surface area contributed by atoms with Gasteiger partial charge in [0.25, 0.3) is 0 Å². The van der Waals surface area contributed by atoms with Crippen molar-refractivity contribution >= 4 is 5.97 Å². The summed E-state index contributed by atoms with van der Waals surface area (Å²) in [4.78, 5) is 10.3. The molecule has 0 aromatic heterocycles. The molecule has 0 rings (SSSR count). The summed E-state index contributed by atoms with van der Waals surface area (Å²) in [6.07, 6.45) is 26.3. The lowest BCUT2D eigenvalue weighted by Crippen LogP contribution is -1.92. The van der Waals surface area contributed by atoms with Crippen molar-refractivity contribution in [3.05, 3.63) is 36.5 Å². The fourth-order valence-electron chi connectivity index (χ4n) is 2.19. The van der Waals surface area contributed by atoms with E-state index in [1.54, 1.807) is 0 Å². The highest BCUT2D eigenvalue weighted by Gasteiger charge is 1.92. The molecule has 0 aromatic carbocycles. The van der Waals surface area contributed by atoms with E-state index < -0.39 is 5.97 Å². The quantitative estimate of drug-likeness (QED) is 0.279. The summed E-state index contributed by atoms with van der Waals surface area (Å²) in [6.45, 7) is 2.26. The molecular weight excluding hydrogens is 272 g/mol. The monoisotopic (exact) mass is 306 g/mol. The first-order valence-electron chi connectivity index (χ1n) is 8.94. The average molecular weight is 306 g/mol. The molecule has 0 atom stereocenters. The Bertz CT molecular complexity index is 327. The Labute approximate surface area is 137 Å². The molecule has 0 aliphatic heterocycles. The lowest BCUT2D eigenvalue weighted by molar-refractivity contribution is -0.137. The van der Waals surface area contributed by atoms with Crippen molar-refractivity contribution in [2.24, 2.45) is 0 Å². The van der Waals surface area contributed by atoms with Crippen LogP contribution in [0.1, 0.15) is 84.0 Å². The second kappa shape index (κ2) is 17.7. The molecule has 0 aromatic rings. The molecule has 126 valence electrons. The van der Waals surface area contributed by atoms with Gasteiger partial charge in [-0.1, -0.05) is 75.5 Å². The van der Waals surface area contributed by atoms with Gasteiger partial charge in [0.05, 0.1) is 0 Å². The molecule has 0 heterocycles. The molecule has 0 unspecified atom stereocenters. The van der Waals surface area contributed by atoms with Crippen molar-refractivity contribution in [3.63, 3.8) is 0 Å². The summed E-state index contributed by atoms with van der Waals surface area (Å²) < 4.78 is 0. The van der Waals surface area contributed by atoms with Crippen LogP contribution in [0.15, 0.2) is 36.5 Å². The van der Waals surface area contributed by atoms with Gasteiger partial charge >= 0.3 is 5.97 Å². The van der Waals surface area contributed by atoms with Crippen LogP contribution < -0.4 is 0 Å². The maximum Gasteiger partial charge on any atom is 0.303 e. The van der Waals surface area contributed by atoms with Gasteiger partial charge in [-0.15, -0.1) is 0 Å². The number of allylic oxidation sites excluding steroid dienone is 6. The maximum atomic E-state index is 10.3. The molecule has 0 aliphatic rings. The van der Waals surface area contributed by atoms with Gasteiger partial charge < -0.3 is 5.11 Å². The van der Waals surface area contributed by atoms with E-state index in [1.807, 2.05) is 0 Å². The van der Waals surface area contributed by atoms with Crippen LogP contribution in [0.5, 0.6) is 0 Å². The highest BCUT2D eigenvalue weighted by Crippen LogP contribution is 2.07. The van der Waals surface area contributed by atoms with Crippen LogP contribution in [-0.4, -0.2) is 11.1 Å². The average Bonchev–Trinajstić information content (AvgIpc) is 2.50. The van der Waals surface area contributed by atoms with Crippen LogP contribution >= 0.6 is 0 Å². The highest BCUT2D eigenvalue weighted by atomic mass is 16.4. The Kier molecular flexibility index (Phi) is 16.7. The molecule has 0 spiro atoms. The number of hydrogen-bond acceptors (Lipinski definition) is 1. The van der Waals surface area contributed by atoms with Gasteiger partial charge in [0.2, 0.25) is 0 Å². The smallest absolute Gasteiger partial charge is 0.303 e. The van der Waals surface area contributed by atoms with E-state index >= 15 is 0 Å². The second-order valence-electron chi connectivity index (χ2n) is 5.73. The third kappa shape index (κ3) is 18.7. The van der Waals surface area contributed by atoms with Gasteiger partial charge in [-0.3, -0.25) is 4.79 Å². The number of carboxylic acids is 1. The van der Waals surface area contributed by atoms with E-state index in [1.165, 1.54) is 44.9 Å². The topological polar surface area (TPSA) is 37.3 Å². The molecule has 1 N–H and O–H groups in total. The Hall–Kier alpha value is -1.31. The molecule has 0 saturated carbocycles. The first kappa shape index (κ1) is 20.7. The predicted molar refractivity (Wildman–Crippen MR) is 96.1 cm³/mol. The minimum absolute atomic E-state index is 0.267.